The van der Waals surface area contributed by atoms with Crippen LogP contribution in [0.2, 0.25) is 5.28 Å². The Hall–Kier alpha value is -2.13. The van der Waals surface area contributed by atoms with Gasteiger partial charge in [0.1, 0.15) is 0 Å². The van der Waals surface area contributed by atoms with E-state index in [9.17, 15) is 43.9 Å². The molecule has 0 heterocycles. The van der Waals surface area contributed by atoms with E-state index in [1.807, 2.05) is 0 Å². The van der Waals surface area contributed by atoms with Gasteiger partial charge >= 0.3 is 14.8 Å². The average molecular weight is 422 g/mol. The second kappa shape index (κ2) is 7.86. The van der Waals surface area contributed by atoms with Gasteiger partial charge in [0.2, 0.25) is 58.2 Å². The predicted molar refractivity (Wildman–Crippen MR) is 70.0 cm³/mol. The van der Waals surface area contributed by atoms with Crippen molar-refractivity contribution in [3.63, 3.8) is 0 Å². The van der Waals surface area contributed by atoms with Crippen LogP contribution in [0.3, 0.4) is 0 Å². The van der Waals surface area contributed by atoms with Crippen molar-refractivity contribution in [3.05, 3.63) is 58.2 Å². The summed E-state index contributed by atoms with van der Waals surface area (Å²) in [6.45, 7) is 1.16. The Morgan fingerprint density at radius 2 is 0.704 bits per heavy atom. The highest BCUT2D eigenvalue weighted by molar-refractivity contribution is 6.46. The van der Waals surface area contributed by atoms with Gasteiger partial charge in [-0.2, -0.15) is 17.6 Å². The van der Waals surface area contributed by atoms with Crippen molar-refractivity contribution < 1.29 is 51.5 Å². The molecule has 0 saturated carbocycles. The fourth-order valence-corrected chi connectivity index (χ4v) is 3.15. The lowest BCUT2D eigenvalue weighted by Gasteiger charge is -2.18. The Bertz CT molecular complexity index is 775. The molecule has 0 spiro atoms. The monoisotopic (exact) mass is 422 g/mol. The number of hydrogen-bond acceptors (Lipinski definition) is 2. The van der Waals surface area contributed by atoms with Crippen molar-refractivity contribution in [1.82, 2.24) is 0 Å². The van der Waals surface area contributed by atoms with Crippen LogP contribution in [0.1, 0.15) is 6.92 Å². The SMILES string of the molecule is C[CH2][Al]([O]c1c(F)c(F)c(F)c(F)c1F)[O]c1c(F)c(F)c(F)c(F)c1F. The lowest BCUT2D eigenvalue weighted by molar-refractivity contribution is 0.311. The summed E-state index contributed by atoms with van der Waals surface area (Å²) in [7, 11) is 0. The van der Waals surface area contributed by atoms with E-state index in [1.165, 1.54) is 0 Å². The fourth-order valence-electron chi connectivity index (χ4n) is 1.83. The van der Waals surface area contributed by atoms with Gasteiger partial charge in [0, 0.05) is 0 Å². The zero-order chi connectivity index (χ0) is 20.6. The number of benzene rings is 2. The average Bonchev–Trinajstić information content (AvgIpc) is 2.66. The van der Waals surface area contributed by atoms with Gasteiger partial charge in [-0.1, -0.05) is 6.92 Å². The minimum absolute atomic E-state index is 0.418. The molecule has 0 atom stereocenters. The summed E-state index contributed by atoms with van der Waals surface area (Å²) >= 11 is -3.76. The fraction of sp³-hybridized carbons (Fsp3) is 0.143. The van der Waals surface area contributed by atoms with Crippen molar-refractivity contribution in [2.75, 3.05) is 0 Å². The summed E-state index contributed by atoms with van der Waals surface area (Å²) in [5.41, 5.74) is 0. The van der Waals surface area contributed by atoms with Gasteiger partial charge in [0.25, 0.3) is 0 Å². The molecule has 146 valence electrons. The van der Waals surface area contributed by atoms with Crippen LogP contribution >= 0.6 is 0 Å². The van der Waals surface area contributed by atoms with E-state index in [-0.39, 0.29) is 0 Å². The zero-order valence-electron chi connectivity index (χ0n) is 12.9. The summed E-state index contributed by atoms with van der Waals surface area (Å²) in [5, 5.41) is -0.418. The Kier molecular flexibility index (Phi) is 6.16. The molecule has 27 heavy (non-hydrogen) atoms. The second-order valence-corrected chi connectivity index (χ2v) is 7.02. The normalized spacial score (nSPS) is 10.9. The zero-order valence-corrected chi connectivity index (χ0v) is 14.0. The molecule has 2 nitrogen and oxygen atoms in total. The van der Waals surface area contributed by atoms with Crippen LogP contribution in [0.4, 0.5) is 43.9 Å². The molecule has 0 aromatic heterocycles. The third-order valence-corrected chi connectivity index (χ3v) is 4.83. The Morgan fingerprint density at radius 3 is 0.926 bits per heavy atom. The van der Waals surface area contributed by atoms with E-state index in [1.54, 1.807) is 0 Å². The molecule has 0 fully saturated rings. The molecule has 0 aliphatic carbocycles. The third kappa shape index (κ3) is 3.66. The summed E-state index contributed by atoms with van der Waals surface area (Å²) in [6, 6.07) is 0. The minimum atomic E-state index is -3.76. The van der Waals surface area contributed by atoms with Gasteiger partial charge in [-0.25, -0.2) is 26.3 Å². The molecule has 0 amide bonds. The summed E-state index contributed by atoms with van der Waals surface area (Å²) < 4.78 is 142. The van der Waals surface area contributed by atoms with Crippen molar-refractivity contribution >= 4 is 14.8 Å². The highest BCUT2D eigenvalue weighted by Crippen LogP contribution is 2.32. The molecule has 2 aromatic carbocycles. The maximum absolute atomic E-state index is 13.6. The molecule has 0 unspecified atom stereocenters. The van der Waals surface area contributed by atoms with Crippen LogP contribution in [-0.2, 0) is 0 Å². The van der Waals surface area contributed by atoms with E-state index in [2.05, 4.69) is 7.58 Å². The first-order valence-electron chi connectivity index (χ1n) is 6.88. The molecule has 0 saturated heterocycles. The molecule has 2 aromatic rings. The van der Waals surface area contributed by atoms with Gasteiger partial charge in [-0.05, 0) is 5.28 Å². The number of halogens is 10. The van der Waals surface area contributed by atoms with Crippen LogP contribution in [-0.4, -0.2) is 14.8 Å². The Labute approximate surface area is 149 Å². The number of rotatable bonds is 5. The van der Waals surface area contributed by atoms with Crippen LogP contribution in [0.25, 0.3) is 0 Å². The summed E-state index contributed by atoms with van der Waals surface area (Å²) in [6.07, 6.45) is 0. The van der Waals surface area contributed by atoms with Gasteiger partial charge in [0.15, 0.2) is 11.5 Å². The molecule has 0 aliphatic rings. The van der Waals surface area contributed by atoms with Crippen molar-refractivity contribution in [2.45, 2.75) is 12.2 Å². The van der Waals surface area contributed by atoms with Crippen molar-refractivity contribution in [3.8, 4) is 11.5 Å². The smallest absolute Gasteiger partial charge is 0.608 e. The van der Waals surface area contributed by atoms with Crippen LogP contribution in [0.15, 0.2) is 0 Å². The third-order valence-electron chi connectivity index (χ3n) is 3.17. The van der Waals surface area contributed by atoms with Crippen molar-refractivity contribution in [2.24, 2.45) is 0 Å². The first-order valence-corrected chi connectivity index (χ1v) is 8.64. The Morgan fingerprint density at radius 1 is 0.481 bits per heavy atom. The van der Waals surface area contributed by atoms with Gasteiger partial charge < -0.3 is 7.58 Å². The molecule has 2 rings (SSSR count). The van der Waals surface area contributed by atoms with Crippen LogP contribution < -0.4 is 7.58 Å². The van der Waals surface area contributed by atoms with Crippen LogP contribution in [0.5, 0.6) is 11.5 Å². The van der Waals surface area contributed by atoms with Gasteiger partial charge in [-0.15, -0.1) is 0 Å². The highest BCUT2D eigenvalue weighted by Gasteiger charge is 2.38. The molecule has 0 radical (unpaired) electrons. The molecule has 0 aliphatic heterocycles. The topological polar surface area (TPSA) is 18.5 Å². The summed E-state index contributed by atoms with van der Waals surface area (Å²) in [4.78, 5) is 0. The van der Waals surface area contributed by atoms with E-state index in [4.69, 9.17) is 0 Å². The lowest BCUT2D eigenvalue weighted by Crippen LogP contribution is -2.31. The first-order chi connectivity index (χ1) is 12.5. The largest absolute Gasteiger partial charge is 0.856 e. The molecule has 13 heteroatoms. The van der Waals surface area contributed by atoms with E-state index in [0.29, 0.717) is 0 Å². The maximum Gasteiger partial charge on any atom is 0.856 e. The van der Waals surface area contributed by atoms with Gasteiger partial charge in [0.05, 0.1) is 0 Å². The quantitative estimate of drug-likeness (QED) is 0.291. The minimum Gasteiger partial charge on any atom is -0.608 e. The van der Waals surface area contributed by atoms with Crippen molar-refractivity contribution in [1.29, 1.82) is 0 Å². The molecule has 0 N–H and O–H groups in total. The van der Waals surface area contributed by atoms with Crippen LogP contribution in [0, 0.1) is 58.2 Å². The first kappa shape index (κ1) is 21.2. The standard InChI is InChI=1S/2C6HF5O.C2H5.Al/c2*7-1-2(8)4(10)6(12)5(11)3(1)9;1-2;/h2*12H;1H2,2H3;/q;;;+2/p-2. The highest BCUT2D eigenvalue weighted by atomic mass is 27.2. The molecule has 0 bridgehead atoms. The second-order valence-electron chi connectivity index (χ2n) is 4.87. The predicted octanol–water partition coefficient (Wildman–Crippen LogP) is 5.04. The Balaban J connectivity index is 2.45. The van der Waals surface area contributed by atoms with E-state index < -0.39 is 89.8 Å². The molecular formula is C14H5AlF10O2. The molecular weight excluding hydrogens is 417 g/mol. The number of hydrogen-bond donors (Lipinski definition) is 0. The maximum atomic E-state index is 13.6. The van der Waals surface area contributed by atoms with E-state index in [0.717, 1.165) is 6.92 Å². The summed E-state index contributed by atoms with van der Waals surface area (Å²) in [5.74, 6) is -27.5. The lowest BCUT2D eigenvalue weighted by atomic mass is 10.3. The van der Waals surface area contributed by atoms with Gasteiger partial charge in [-0.3, -0.25) is 0 Å². The van der Waals surface area contributed by atoms with E-state index >= 15 is 0 Å².